The maximum atomic E-state index is 11.1. The number of carboxylic acids is 1. The summed E-state index contributed by atoms with van der Waals surface area (Å²) in [6.07, 6.45) is 1.12. The van der Waals surface area contributed by atoms with Gasteiger partial charge in [0.25, 0.3) is 0 Å². The van der Waals surface area contributed by atoms with Crippen molar-refractivity contribution >= 4 is 23.3 Å². The highest BCUT2D eigenvalue weighted by Crippen LogP contribution is 2.20. The Balaban J connectivity index is 2.61. The van der Waals surface area contributed by atoms with Gasteiger partial charge in [0.2, 0.25) is 0 Å². The van der Waals surface area contributed by atoms with E-state index in [1.54, 1.807) is 12.1 Å². The van der Waals surface area contributed by atoms with E-state index < -0.39 is 5.97 Å². The zero-order valence-electron chi connectivity index (χ0n) is 11.4. The van der Waals surface area contributed by atoms with Gasteiger partial charge in [-0.3, -0.25) is 0 Å². The lowest BCUT2D eigenvalue weighted by Crippen LogP contribution is -2.29. The van der Waals surface area contributed by atoms with E-state index in [0.29, 0.717) is 17.3 Å². The van der Waals surface area contributed by atoms with Crippen LogP contribution in [0.15, 0.2) is 18.2 Å². The zero-order chi connectivity index (χ0) is 14.3. The fraction of sp³-hybridized carbons (Fsp3) is 0.500. The van der Waals surface area contributed by atoms with Crippen LogP contribution in [0, 0.1) is 0 Å². The number of aromatic carboxylic acids is 1. The molecule has 0 amide bonds. The van der Waals surface area contributed by atoms with Gasteiger partial charge in [-0.1, -0.05) is 25.4 Å². The van der Waals surface area contributed by atoms with Crippen LogP contribution >= 0.6 is 11.6 Å². The van der Waals surface area contributed by atoms with Crippen molar-refractivity contribution < 1.29 is 9.90 Å². The predicted octanol–water partition coefficient (Wildman–Crippen LogP) is 3.18. The fourth-order valence-electron chi connectivity index (χ4n) is 1.94. The monoisotopic (exact) mass is 284 g/mol. The van der Waals surface area contributed by atoms with Crippen molar-refractivity contribution in [1.82, 2.24) is 4.90 Å². The third-order valence-corrected chi connectivity index (χ3v) is 3.18. The lowest BCUT2D eigenvalue weighted by molar-refractivity contribution is 0.0698. The second kappa shape index (κ2) is 8.02. The van der Waals surface area contributed by atoms with Crippen LogP contribution in [0.1, 0.15) is 30.6 Å². The van der Waals surface area contributed by atoms with Gasteiger partial charge in [0.15, 0.2) is 0 Å². The molecule has 1 aromatic carbocycles. The van der Waals surface area contributed by atoms with Gasteiger partial charge in [-0.2, -0.15) is 0 Å². The maximum Gasteiger partial charge on any atom is 0.337 e. The molecule has 5 heteroatoms. The molecule has 106 valence electrons. The van der Waals surface area contributed by atoms with Crippen LogP contribution in [0.5, 0.6) is 0 Å². The molecule has 1 aromatic rings. The van der Waals surface area contributed by atoms with Crippen LogP contribution in [-0.4, -0.2) is 42.2 Å². The van der Waals surface area contributed by atoms with Crippen LogP contribution < -0.4 is 5.32 Å². The first kappa shape index (κ1) is 15.8. The molecule has 0 saturated carbocycles. The van der Waals surface area contributed by atoms with E-state index in [9.17, 15) is 4.79 Å². The molecule has 0 bridgehead atoms. The smallest absolute Gasteiger partial charge is 0.337 e. The predicted molar refractivity (Wildman–Crippen MR) is 79.3 cm³/mol. The Morgan fingerprint density at radius 1 is 1.37 bits per heavy atom. The molecular formula is C14H21ClN2O2. The molecule has 0 fully saturated rings. The number of nitrogens with one attached hydrogen (secondary N) is 1. The molecule has 4 nitrogen and oxygen atoms in total. The highest BCUT2D eigenvalue weighted by molar-refractivity contribution is 6.31. The lowest BCUT2D eigenvalue weighted by Gasteiger charge is -2.20. The Labute approximate surface area is 119 Å². The van der Waals surface area contributed by atoms with Crippen molar-refractivity contribution in [1.29, 1.82) is 0 Å². The second-order valence-electron chi connectivity index (χ2n) is 4.36. The third-order valence-electron chi connectivity index (χ3n) is 2.94. The van der Waals surface area contributed by atoms with Crippen molar-refractivity contribution in [2.75, 3.05) is 31.5 Å². The molecule has 19 heavy (non-hydrogen) atoms. The topological polar surface area (TPSA) is 52.6 Å². The lowest BCUT2D eigenvalue weighted by atomic mass is 10.2. The van der Waals surface area contributed by atoms with E-state index in [1.807, 2.05) is 0 Å². The van der Waals surface area contributed by atoms with Crippen molar-refractivity contribution in [3.05, 3.63) is 28.8 Å². The Morgan fingerprint density at radius 2 is 2.11 bits per heavy atom. The third kappa shape index (κ3) is 5.09. The van der Waals surface area contributed by atoms with Gasteiger partial charge in [0, 0.05) is 18.1 Å². The second-order valence-corrected chi connectivity index (χ2v) is 4.79. The highest BCUT2D eigenvalue weighted by atomic mass is 35.5. The summed E-state index contributed by atoms with van der Waals surface area (Å²) in [5.41, 5.74) is 0.829. The number of nitrogens with zero attached hydrogens (tertiary/aromatic N) is 1. The van der Waals surface area contributed by atoms with E-state index >= 15 is 0 Å². The highest BCUT2D eigenvalue weighted by Gasteiger charge is 2.10. The Hall–Kier alpha value is -1.26. The molecule has 0 spiro atoms. The number of likely N-dealkylation sites (N-methyl/N-ethyl adjacent to an activating group) is 1. The minimum absolute atomic E-state index is 0.253. The summed E-state index contributed by atoms with van der Waals surface area (Å²) in [7, 11) is 0. The van der Waals surface area contributed by atoms with Crippen LogP contribution in [-0.2, 0) is 0 Å². The van der Waals surface area contributed by atoms with Gasteiger partial charge in [-0.15, -0.1) is 0 Å². The van der Waals surface area contributed by atoms with E-state index in [4.69, 9.17) is 16.7 Å². The van der Waals surface area contributed by atoms with Gasteiger partial charge in [-0.05, 0) is 37.7 Å². The summed E-state index contributed by atoms with van der Waals surface area (Å²) < 4.78 is 0. The summed E-state index contributed by atoms with van der Waals surface area (Å²) in [5, 5.41) is 12.8. The SMILES string of the molecule is CCCN(CC)CCNc1cc(Cl)ccc1C(=O)O. The summed E-state index contributed by atoms with van der Waals surface area (Å²) in [4.78, 5) is 13.4. The first-order valence-corrected chi connectivity index (χ1v) is 6.95. The Bertz CT molecular complexity index is 424. The normalized spacial score (nSPS) is 10.7. The summed E-state index contributed by atoms with van der Waals surface area (Å²) in [5.74, 6) is -0.944. The fourth-order valence-corrected chi connectivity index (χ4v) is 2.11. The number of benzene rings is 1. The molecule has 0 unspecified atom stereocenters. The number of hydrogen-bond donors (Lipinski definition) is 2. The molecule has 0 aliphatic carbocycles. The molecule has 2 N–H and O–H groups in total. The van der Waals surface area contributed by atoms with E-state index in [-0.39, 0.29) is 5.56 Å². The van der Waals surface area contributed by atoms with Gasteiger partial charge in [0.05, 0.1) is 11.3 Å². The van der Waals surface area contributed by atoms with Gasteiger partial charge in [0.1, 0.15) is 0 Å². The summed E-state index contributed by atoms with van der Waals surface area (Å²) >= 11 is 5.90. The number of carboxylic acid groups (broad SMARTS) is 1. The van der Waals surface area contributed by atoms with Crippen molar-refractivity contribution in [2.45, 2.75) is 20.3 Å². The maximum absolute atomic E-state index is 11.1. The average Bonchev–Trinajstić information content (AvgIpc) is 2.37. The minimum atomic E-state index is -0.944. The molecule has 1 rings (SSSR count). The zero-order valence-corrected chi connectivity index (χ0v) is 12.2. The molecule has 0 heterocycles. The van der Waals surface area contributed by atoms with E-state index in [1.165, 1.54) is 6.07 Å². The molecule has 0 saturated heterocycles. The molecule has 0 radical (unpaired) electrons. The van der Waals surface area contributed by atoms with Crippen molar-refractivity contribution in [2.24, 2.45) is 0 Å². The number of anilines is 1. The number of hydrogen-bond acceptors (Lipinski definition) is 3. The first-order valence-electron chi connectivity index (χ1n) is 6.57. The minimum Gasteiger partial charge on any atom is -0.478 e. The summed E-state index contributed by atoms with van der Waals surface area (Å²) in [6, 6.07) is 4.77. The van der Waals surface area contributed by atoms with Gasteiger partial charge >= 0.3 is 5.97 Å². The molecular weight excluding hydrogens is 264 g/mol. The Kier molecular flexibility index (Phi) is 6.67. The summed E-state index contributed by atoms with van der Waals surface area (Å²) in [6.45, 7) is 7.91. The number of rotatable bonds is 8. The largest absolute Gasteiger partial charge is 0.478 e. The standard InChI is InChI=1S/C14H21ClN2O2/c1-3-8-17(4-2)9-7-16-13-10-11(15)5-6-12(13)14(18)19/h5-6,10,16H,3-4,7-9H2,1-2H3,(H,18,19). The van der Waals surface area contributed by atoms with Gasteiger partial charge < -0.3 is 15.3 Å². The number of halogens is 1. The van der Waals surface area contributed by atoms with Crippen molar-refractivity contribution in [3.63, 3.8) is 0 Å². The average molecular weight is 285 g/mol. The Morgan fingerprint density at radius 3 is 2.68 bits per heavy atom. The van der Waals surface area contributed by atoms with Crippen LogP contribution in [0.3, 0.4) is 0 Å². The first-order chi connectivity index (χ1) is 9.08. The van der Waals surface area contributed by atoms with Crippen LogP contribution in [0.2, 0.25) is 5.02 Å². The quantitative estimate of drug-likeness (QED) is 0.770. The molecule has 0 atom stereocenters. The van der Waals surface area contributed by atoms with E-state index in [2.05, 4.69) is 24.1 Å². The molecule has 0 aromatic heterocycles. The molecule has 0 aliphatic rings. The van der Waals surface area contributed by atoms with Crippen LogP contribution in [0.25, 0.3) is 0 Å². The van der Waals surface area contributed by atoms with Gasteiger partial charge in [-0.25, -0.2) is 4.79 Å². The van der Waals surface area contributed by atoms with Crippen molar-refractivity contribution in [3.8, 4) is 0 Å². The van der Waals surface area contributed by atoms with Crippen LogP contribution in [0.4, 0.5) is 5.69 Å². The number of carbonyl (C=O) groups is 1. The van der Waals surface area contributed by atoms with E-state index in [0.717, 1.165) is 26.1 Å². The molecule has 0 aliphatic heterocycles.